The van der Waals surface area contributed by atoms with Crippen LogP contribution in [-0.4, -0.2) is 50.5 Å². The van der Waals surface area contributed by atoms with E-state index in [0.717, 1.165) is 5.56 Å². The molecule has 0 saturated carbocycles. The number of benzene rings is 1. The standard InChI is InChI=1S/C14H19NO4/c1-15(9-13-11-17-7-8-18-13)14(16)19-10-12-5-3-2-4-6-12/h2-6,13H,7-11H2,1H3/t13-/m0/s1. The van der Waals surface area contributed by atoms with Crippen molar-refractivity contribution in [3.8, 4) is 0 Å². The molecule has 1 aliphatic rings. The number of amides is 1. The second kappa shape index (κ2) is 7.11. The fourth-order valence-electron chi connectivity index (χ4n) is 1.85. The third kappa shape index (κ3) is 4.54. The quantitative estimate of drug-likeness (QED) is 0.831. The van der Waals surface area contributed by atoms with Gasteiger partial charge < -0.3 is 19.1 Å². The number of nitrogens with zero attached hydrogens (tertiary/aromatic N) is 1. The zero-order chi connectivity index (χ0) is 13.5. The maximum absolute atomic E-state index is 11.8. The Morgan fingerprint density at radius 2 is 2.16 bits per heavy atom. The van der Waals surface area contributed by atoms with Crippen molar-refractivity contribution >= 4 is 6.09 Å². The highest BCUT2D eigenvalue weighted by molar-refractivity contribution is 5.67. The Labute approximate surface area is 113 Å². The number of likely N-dealkylation sites (N-methyl/N-ethyl adjacent to an activating group) is 1. The number of hydrogen-bond donors (Lipinski definition) is 0. The van der Waals surface area contributed by atoms with E-state index in [1.54, 1.807) is 7.05 Å². The molecular formula is C14H19NO4. The van der Waals surface area contributed by atoms with Crippen LogP contribution >= 0.6 is 0 Å². The lowest BCUT2D eigenvalue weighted by Crippen LogP contribution is -2.41. The van der Waals surface area contributed by atoms with E-state index >= 15 is 0 Å². The summed E-state index contributed by atoms with van der Waals surface area (Å²) in [5.74, 6) is 0. The second-order valence-corrected chi connectivity index (χ2v) is 4.49. The normalized spacial score (nSPS) is 18.9. The van der Waals surface area contributed by atoms with Gasteiger partial charge in [0.2, 0.25) is 0 Å². The van der Waals surface area contributed by atoms with Crippen LogP contribution in [0.2, 0.25) is 0 Å². The van der Waals surface area contributed by atoms with E-state index in [2.05, 4.69) is 0 Å². The smallest absolute Gasteiger partial charge is 0.409 e. The van der Waals surface area contributed by atoms with Crippen molar-refractivity contribution < 1.29 is 19.0 Å². The first-order valence-corrected chi connectivity index (χ1v) is 6.37. The van der Waals surface area contributed by atoms with Crippen LogP contribution in [0.25, 0.3) is 0 Å². The lowest BCUT2D eigenvalue weighted by Gasteiger charge is -2.27. The minimum Gasteiger partial charge on any atom is -0.445 e. The average Bonchev–Trinajstić information content (AvgIpc) is 2.47. The molecule has 5 nitrogen and oxygen atoms in total. The van der Waals surface area contributed by atoms with E-state index in [4.69, 9.17) is 14.2 Å². The molecule has 1 amide bonds. The topological polar surface area (TPSA) is 48.0 Å². The zero-order valence-electron chi connectivity index (χ0n) is 11.1. The van der Waals surface area contributed by atoms with Crippen LogP contribution in [0.3, 0.4) is 0 Å². The number of hydrogen-bond acceptors (Lipinski definition) is 4. The Bertz CT molecular complexity index is 390. The van der Waals surface area contributed by atoms with Gasteiger partial charge >= 0.3 is 6.09 Å². The van der Waals surface area contributed by atoms with Gasteiger partial charge in [0.1, 0.15) is 6.61 Å². The Morgan fingerprint density at radius 1 is 1.37 bits per heavy atom. The minimum absolute atomic E-state index is 0.0666. The van der Waals surface area contributed by atoms with Crippen molar-refractivity contribution in [2.45, 2.75) is 12.7 Å². The van der Waals surface area contributed by atoms with Gasteiger partial charge in [0, 0.05) is 7.05 Å². The van der Waals surface area contributed by atoms with Crippen molar-refractivity contribution in [3.05, 3.63) is 35.9 Å². The van der Waals surface area contributed by atoms with Crippen LogP contribution in [0.15, 0.2) is 30.3 Å². The van der Waals surface area contributed by atoms with Crippen molar-refractivity contribution in [1.29, 1.82) is 0 Å². The molecule has 0 N–H and O–H groups in total. The summed E-state index contributed by atoms with van der Waals surface area (Å²) in [6, 6.07) is 9.61. The average molecular weight is 265 g/mol. The molecule has 1 aromatic carbocycles. The van der Waals surface area contributed by atoms with Gasteiger partial charge in [-0.05, 0) is 5.56 Å². The van der Waals surface area contributed by atoms with Gasteiger partial charge in [0.25, 0.3) is 0 Å². The van der Waals surface area contributed by atoms with Gasteiger partial charge in [-0.15, -0.1) is 0 Å². The van der Waals surface area contributed by atoms with E-state index in [9.17, 15) is 4.79 Å². The first kappa shape index (κ1) is 13.8. The molecule has 0 aliphatic carbocycles. The van der Waals surface area contributed by atoms with Crippen molar-refractivity contribution in [2.24, 2.45) is 0 Å². The Hall–Kier alpha value is -1.59. The van der Waals surface area contributed by atoms with Gasteiger partial charge in [-0.1, -0.05) is 30.3 Å². The largest absolute Gasteiger partial charge is 0.445 e. The molecule has 1 aliphatic heterocycles. The molecule has 104 valence electrons. The molecule has 2 rings (SSSR count). The third-order valence-electron chi connectivity index (χ3n) is 2.88. The minimum atomic E-state index is -0.349. The molecule has 1 fully saturated rings. The monoisotopic (exact) mass is 265 g/mol. The number of ether oxygens (including phenoxy) is 3. The molecule has 19 heavy (non-hydrogen) atoms. The van der Waals surface area contributed by atoms with E-state index in [1.165, 1.54) is 4.90 Å². The highest BCUT2D eigenvalue weighted by Crippen LogP contribution is 2.06. The third-order valence-corrected chi connectivity index (χ3v) is 2.88. The van der Waals surface area contributed by atoms with E-state index in [1.807, 2.05) is 30.3 Å². The van der Waals surface area contributed by atoms with Crippen LogP contribution < -0.4 is 0 Å². The van der Waals surface area contributed by atoms with Gasteiger partial charge in [-0.25, -0.2) is 4.79 Å². The van der Waals surface area contributed by atoms with Gasteiger partial charge in [-0.3, -0.25) is 0 Å². The van der Waals surface area contributed by atoms with Crippen LogP contribution in [0.5, 0.6) is 0 Å². The Kier molecular flexibility index (Phi) is 5.18. The number of carbonyl (C=O) groups excluding carboxylic acids is 1. The summed E-state index contributed by atoms with van der Waals surface area (Å²) < 4.78 is 16.0. The summed E-state index contributed by atoms with van der Waals surface area (Å²) >= 11 is 0. The van der Waals surface area contributed by atoms with Crippen molar-refractivity contribution in [1.82, 2.24) is 4.90 Å². The highest BCUT2D eigenvalue weighted by atomic mass is 16.6. The molecule has 0 unspecified atom stereocenters. The summed E-state index contributed by atoms with van der Waals surface area (Å²) in [6.45, 7) is 2.49. The zero-order valence-corrected chi connectivity index (χ0v) is 11.1. The van der Waals surface area contributed by atoms with Crippen LogP contribution in [0.1, 0.15) is 5.56 Å². The molecule has 1 atom stereocenters. The van der Waals surface area contributed by atoms with Crippen LogP contribution in [-0.2, 0) is 20.8 Å². The Morgan fingerprint density at radius 3 is 2.84 bits per heavy atom. The lowest BCUT2D eigenvalue weighted by atomic mass is 10.2. The summed E-state index contributed by atoms with van der Waals surface area (Å²) in [6.07, 6.45) is -0.416. The first-order chi connectivity index (χ1) is 9.25. The predicted molar refractivity (Wildman–Crippen MR) is 69.8 cm³/mol. The summed E-state index contributed by atoms with van der Waals surface area (Å²) in [5.41, 5.74) is 0.974. The van der Waals surface area contributed by atoms with E-state index < -0.39 is 0 Å². The highest BCUT2D eigenvalue weighted by Gasteiger charge is 2.19. The van der Waals surface area contributed by atoms with Crippen LogP contribution in [0, 0.1) is 0 Å². The van der Waals surface area contributed by atoms with E-state index in [0.29, 0.717) is 26.4 Å². The maximum Gasteiger partial charge on any atom is 0.409 e. The molecule has 1 heterocycles. The fraction of sp³-hybridized carbons (Fsp3) is 0.500. The van der Waals surface area contributed by atoms with Crippen molar-refractivity contribution in [2.75, 3.05) is 33.4 Å². The fourth-order valence-corrected chi connectivity index (χ4v) is 1.85. The molecule has 5 heteroatoms. The SMILES string of the molecule is CN(C[C@H]1COCCO1)C(=O)OCc1ccccc1. The molecule has 0 spiro atoms. The summed E-state index contributed by atoms with van der Waals surface area (Å²) in [4.78, 5) is 13.3. The molecule has 0 aromatic heterocycles. The van der Waals surface area contributed by atoms with Gasteiger partial charge in [0.05, 0.1) is 32.5 Å². The predicted octanol–water partition coefficient (Wildman–Crippen LogP) is 1.67. The maximum atomic E-state index is 11.8. The second-order valence-electron chi connectivity index (χ2n) is 4.49. The molecule has 0 bridgehead atoms. The van der Waals surface area contributed by atoms with Crippen molar-refractivity contribution in [3.63, 3.8) is 0 Å². The molecule has 1 saturated heterocycles. The summed E-state index contributed by atoms with van der Waals surface area (Å²) in [5, 5.41) is 0. The van der Waals surface area contributed by atoms with Gasteiger partial charge in [-0.2, -0.15) is 0 Å². The van der Waals surface area contributed by atoms with Crippen LogP contribution in [0.4, 0.5) is 4.79 Å². The lowest BCUT2D eigenvalue weighted by molar-refractivity contribution is -0.0945. The summed E-state index contributed by atoms with van der Waals surface area (Å²) in [7, 11) is 1.70. The van der Waals surface area contributed by atoms with Gasteiger partial charge in [0.15, 0.2) is 0 Å². The molecular weight excluding hydrogens is 246 g/mol. The number of carbonyl (C=O) groups is 1. The Balaban J connectivity index is 1.72. The van der Waals surface area contributed by atoms with E-state index in [-0.39, 0.29) is 18.8 Å². The molecule has 0 radical (unpaired) electrons. The number of rotatable bonds is 4. The first-order valence-electron chi connectivity index (χ1n) is 6.37. The molecule has 1 aromatic rings.